The molecule has 0 unspecified atom stereocenters. The van der Waals surface area contributed by atoms with Gasteiger partial charge in [0.25, 0.3) is 5.91 Å². The van der Waals surface area contributed by atoms with Gasteiger partial charge in [0.2, 0.25) is 0 Å². The first-order valence-electron chi connectivity index (χ1n) is 13.0. The van der Waals surface area contributed by atoms with Gasteiger partial charge in [0, 0.05) is 44.4 Å². The molecule has 0 bridgehead atoms. The minimum Gasteiger partial charge on any atom is -0.490 e. The Labute approximate surface area is 234 Å². The zero-order valence-corrected chi connectivity index (χ0v) is 22.5. The van der Waals surface area contributed by atoms with Gasteiger partial charge in [-0.1, -0.05) is 30.7 Å². The molecule has 0 aliphatic carbocycles. The Morgan fingerprint density at radius 3 is 2.50 bits per heavy atom. The number of hydrogen-bond donors (Lipinski definition) is 1. The number of rotatable bonds is 8. The lowest BCUT2D eigenvalue weighted by Gasteiger charge is -2.34. The summed E-state index contributed by atoms with van der Waals surface area (Å²) in [7, 11) is 0. The van der Waals surface area contributed by atoms with Crippen LogP contribution >= 0.6 is 11.6 Å². The number of alkyl halides is 3. The van der Waals surface area contributed by atoms with Crippen molar-refractivity contribution in [3.63, 3.8) is 0 Å². The number of anilines is 1. The molecule has 0 saturated carbocycles. The zero-order chi connectivity index (χ0) is 28.3. The molecule has 210 valence electrons. The second-order valence-corrected chi connectivity index (χ2v) is 9.95. The number of piperidine rings is 1. The number of halogens is 4. The van der Waals surface area contributed by atoms with Crippen LogP contribution in [0.1, 0.15) is 41.5 Å². The molecule has 2 aromatic carbocycles. The standard InChI is InChI=1S/C29H28ClF3N4O3/c1-2-25-27(37-18-20(30)6-11-26(37)35-25)28(38)34-17-19-4-3-5-21(16-19)36-14-12-23(13-15-36)39-22-7-9-24(10-8-22)40-29(31,32)33/h3-11,16,18,23H,2,12-15,17H2,1H3,(H,34,38). The first-order chi connectivity index (χ1) is 19.2. The SMILES string of the molecule is CCc1nc2ccc(Cl)cn2c1C(=O)NCc1cccc(N2CCC(Oc3ccc(OC(F)(F)F)cc3)CC2)c1. The molecule has 0 atom stereocenters. The van der Waals surface area contributed by atoms with E-state index < -0.39 is 6.36 Å². The lowest BCUT2D eigenvalue weighted by atomic mass is 10.1. The van der Waals surface area contributed by atoms with Gasteiger partial charge in [0.05, 0.1) is 10.7 Å². The second kappa shape index (κ2) is 11.7. The average molecular weight is 573 g/mol. The third-order valence-corrected chi connectivity index (χ3v) is 6.96. The van der Waals surface area contributed by atoms with Crippen LogP contribution in [0.3, 0.4) is 0 Å². The summed E-state index contributed by atoms with van der Waals surface area (Å²) in [6.45, 7) is 3.84. The minimum absolute atomic E-state index is 0.0418. The van der Waals surface area contributed by atoms with Crippen LogP contribution in [0.2, 0.25) is 5.02 Å². The topological polar surface area (TPSA) is 68.1 Å². The van der Waals surface area contributed by atoms with Crippen molar-refractivity contribution >= 4 is 28.8 Å². The van der Waals surface area contributed by atoms with Crippen LogP contribution in [0.15, 0.2) is 66.9 Å². The van der Waals surface area contributed by atoms with Crippen molar-refractivity contribution in [2.45, 2.75) is 45.2 Å². The highest BCUT2D eigenvalue weighted by molar-refractivity contribution is 6.30. The third kappa shape index (κ3) is 6.62. The molecule has 1 aliphatic rings. The summed E-state index contributed by atoms with van der Waals surface area (Å²) in [6.07, 6.45) is -0.921. The van der Waals surface area contributed by atoms with Crippen molar-refractivity contribution in [3.8, 4) is 11.5 Å². The number of carbonyl (C=O) groups excluding carboxylic acids is 1. The Morgan fingerprint density at radius 2 is 1.80 bits per heavy atom. The van der Waals surface area contributed by atoms with Crippen LogP contribution in [0.5, 0.6) is 11.5 Å². The summed E-state index contributed by atoms with van der Waals surface area (Å²) in [6, 6.07) is 17.0. The molecule has 11 heteroatoms. The maximum Gasteiger partial charge on any atom is 0.573 e. The number of hydrogen-bond acceptors (Lipinski definition) is 5. The lowest BCUT2D eigenvalue weighted by Crippen LogP contribution is -2.38. The average Bonchev–Trinajstić information content (AvgIpc) is 3.30. The Hall–Kier alpha value is -3.92. The maximum absolute atomic E-state index is 13.1. The monoisotopic (exact) mass is 572 g/mol. The Bertz CT molecular complexity index is 1480. The van der Waals surface area contributed by atoms with E-state index in [1.54, 1.807) is 22.7 Å². The number of pyridine rings is 1. The highest BCUT2D eigenvalue weighted by Crippen LogP contribution is 2.28. The minimum atomic E-state index is -4.72. The van der Waals surface area contributed by atoms with Gasteiger partial charge in [0.15, 0.2) is 0 Å². The molecule has 0 radical (unpaired) electrons. The van der Waals surface area contributed by atoms with Gasteiger partial charge in [0.1, 0.15) is 28.9 Å². The number of aromatic nitrogens is 2. The van der Waals surface area contributed by atoms with Crippen LogP contribution in [0.25, 0.3) is 5.65 Å². The van der Waals surface area contributed by atoms with E-state index in [0.29, 0.717) is 40.8 Å². The number of fused-ring (bicyclic) bond motifs is 1. The normalized spacial score (nSPS) is 14.4. The molecule has 7 nitrogen and oxygen atoms in total. The number of carbonyl (C=O) groups is 1. The molecule has 1 N–H and O–H groups in total. The molecule has 0 spiro atoms. The summed E-state index contributed by atoms with van der Waals surface area (Å²) in [4.78, 5) is 20.0. The van der Waals surface area contributed by atoms with E-state index in [-0.39, 0.29) is 17.8 Å². The number of aryl methyl sites for hydroxylation is 1. The molecular weight excluding hydrogens is 545 g/mol. The van der Waals surface area contributed by atoms with E-state index in [4.69, 9.17) is 16.3 Å². The molecule has 5 rings (SSSR count). The van der Waals surface area contributed by atoms with Gasteiger partial charge in [-0.15, -0.1) is 13.2 Å². The molecule has 4 aromatic rings. The van der Waals surface area contributed by atoms with Crippen molar-refractivity contribution in [2.24, 2.45) is 0 Å². The van der Waals surface area contributed by atoms with E-state index in [1.807, 2.05) is 25.1 Å². The highest BCUT2D eigenvalue weighted by atomic mass is 35.5. The maximum atomic E-state index is 13.1. The summed E-state index contributed by atoms with van der Waals surface area (Å²) in [5, 5.41) is 3.54. The van der Waals surface area contributed by atoms with Gasteiger partial charge >= 0.3 is 6.36 Å². The number of benzene rings is 2. The van der Waals surface area contributed by atoms with Crippen molar-refractivity contribution in [1.29, 1.82) is 0 Å². The van der Waals surface area contributed by atoms with E-state index >= 15 is 0 Å². The molecular formula is C29H28ClF3N4O3. The molecule has 2 aromatic heterocycles. The predicted molar refractivity (Wildman–Crippen MR) is 146 cm³/mol. The summed E-state index contributed by atoms with van der Waals surface area (Å²) in [5.74, 6) is 0.0117. The summed E-state index contributed by atoms with van der Waals surface area (Å²) >= 11 is 6.15. The first kappa shape index (κ1) is 27.6. The van der Waals surface area contributed by atoms with Crippen LogP contribution in [0.4, 0.5) is 18.9 Å². The third-order valence-electron chi connectivity index (χ3n) is 6.74. The highest BCUT2D eigenvalue weighted by Gasteiger charge is 2.31. The molecule has 1 fully saturated rings. The molecule has 1 saturated heterocycles. The quantitative estimate of drug-likeness (QED) is 0.264. The Morgan fingerprint density at radius 1 is 1.07 bits per heavy atom. The smallest absolute Gasteiger partial charge is 0.490 e. The number of ether oxygens (including phenoxy) is 2. The van der Waals surface area contributed by atoms with Crippen LogP contribution in [-0.4, -0.2) is 40.8 Å². The lowest BCUT2D eigenvalue weighted by molar-refractivity contribution is -0.274. The molecule has 3 heterocycles. The van der Waals surface area contributed by atoms with Crippen molar-refractivity contribution in [2.75, 3.05) is 18.0 Å². The number of amides is 1. The van der Waals surface area contributed by atoms with Crippen molar-refractivity contribution in [3.05, 3.63) is 88.8 Å². The van der Waals surface area contributed by atoms with E-state index in [0.717, 1.165) is 37.2 Å². The fourth-order valence-electron chi connectivity index (χ4n) is 4.83. The zero-order valence-electron chi connectivity index (χ0n) is 21.7. The van der Waals surface area contributed by atoms with Gasteiger partial charge in [-0.05, 0) is 60.5 Å². The number of nitrogens with one attached hydrogen (secondary N) is 1. The Kier molecular flexibility index (Phi) is 8.07. The van der Waals surface area contributed by atoms with Gasteiger partial charge in [-0.3, -0.25) is 9.20 Å². The fraction of sp³-hybridized carbons (Fsp3) is 0.310. The Balaban J connectivity index is 1.16. The van der Waals surface area contributed by atoms with Crippen molar-refractivity contribution in [1.82, 2.24) is 14.7 Å². The molecule has 1 amide bonds. The van der Waals surface area contributed by atoms with E-state index in [2.05, 4.69) is 26.0 Å². The van der Waals surface area contributed by atoms with Crippen LogP contribution in [-0.2, 0) is 13.0 Å². The number of imidazole rings is 1. The predicted octanol–water partition coefficient (Wildman–Crippen LogP) is 6.43. The van der Waals surface area contributed by atoms with Crippen LogP contribution in [0, 0.1) is 0 Å². The van der Waals surface area contributed by atoms with Crippen LogP contribution < -0.4 is 19.7 Å². The van der Waals surface area contributed by atoms with E-state index in [9.17, 15) is 18.0 Å². The summed E-state index contributed by atoms with van der Waals surface area (Å²) in [5.41, 5.74) is 3.89. The van der Waals surface area contributed by atoms with Gasteiger partial charge in [-0.2, -0.15) is 0 Å². The molecule has 1 aliphatic heterocycles. The fourth-order valence-corrected chi connectivity index (χ4v) is 4.99. The van der Waals surface area contributed by atoms with Gasteiger partial charge in [-0.25, -0.2) is 4.98 Å². The largest absolute Gasteiger partial charge is 0.573 e. The van der Waals surface area contributed by atoms with Crippen molar-refractivity contribution < 1.29 is 27.4 Å². The second-order valence-electron chi connectivity index (χ2n) is 9.51. The first-order valence-corrected chi connectivity index (χ1v) is 13.4. The van der Waals surface area contributed by atoms with Gasteiger partial charge < -0.3 is 19.7 Å². The van der Waals surface area contributed by atoms with E-state index in [1.165, 1.54) is 24.3 Å². The summed E-state index contributed by atoms with van der Waals surface area (Å²) < 4.78 is 48.7. The number of nitrogens with zero attached hydrogens (tertiary/aromatic N) is 3. The molecule has 40 heavy (non-hydrogen) atoms.